The molecule has 0 aromatic carbocycles. The molecule has 86 valence electrons. The van der Waals surface area contributed by atoms with Crippen molar-refractivity contribution in [3.63, 3.8) is 0 Å². The first kappa shape index (κ1) is 12.6. The number of rotatable bonds is 3. The van der Waals surface area contributed by atoms with Gasteiger partial charge in [-0.1, -0.05) is 0 Å². The molecule has 0 spiro atoms. The number of nitrogens with two attached hydrogens (primary N) is 1. The number of hydrogen-bond donors (Lipinski definition) is 2. The molecule has 0 radical (unpaired) electrons. The Labute approximate surface area is 93.0 Å². The summed E-state index contributed by atoms with van der Waals surface area (Å²) in [7, 11) is -3.74. The number of aryl methyl sites for hydroxylation is 2. The molecule has 2 atom stereocenters. The number of primary sulfonamides is 1. The molecule has 1 aromatic rings. The second-order valence-corrected chi connectivity index (χ2v) is 6.59. The number of hydrogen-bond acceptors (Lipinski definition) is 5. The second-order valence-electron chi connectivity index (χ2n) is 3.43. The number of thiazole rings is 1. The van der Waals surface area contributed by atoms with E-state index < -0.39 is 21.4 Å². The van der Waals surface area contributed by atoms with Gasteiger partial charge < -0.3 is 5.11 Å². The highest BCUT2D eigenvalue weighted by Gasteiger charge is 2.28. The van der Waals surface area contributed by atoms with Crippen LogP contribution < -0.4 is 5.14 Å². The lowest BCUT2D eigenvalue weighted by atomic mass is 10.3. The lowest BCUT2D eigenvalue weighted by molar-refractivity contribution is 0.175. The fourth-order valence-electron chi connectivity index (χ4n) is 1.00. The summed E-state index contributed by atoms with van der Waals surface area (Å²) in [6.45, 7) is 5.04. The number of aromatic nitrogens is 1. The maximum absolute atomic E-state index is 11.0. The predicted molar refractivity (Wildman–Crippen MR) is 59.1 cm³/mol. The van der Waals surface area contributed by atoms with Crippen LogP contribution in [0.4, 0.5) is 0 Å². The van der Waals surface area contributed by atoms with Crippen molar-refractivity contribution >= 4 is 21.4 Å². The summed E-state index contributed by atoms with van der Waals surface area (Å²) in [5.74, 6) is 0. The van der Waals surface area contributed by atoms with Crippen LogP contribution in [0.1, 0.15) is 28.6 Å². The quantitative estimate of drug-likeness (QED) is 0.815. The van der Waals surface area contributed by atoms with Crippen LogP contribution in [0.3, 0.4) is 0 Å². The summed E-state index contributed by atoms with van der Waals surface area (Å²) in [6, 6.07) is 0. The van der Waals surface area contributed by atoms with E-state index >= 15 is 0 Å². The van der Waals surface area contributed by atoms with Crippen LogP contribution in [-0.2, 0) is 10.0 Å². The predicted octanol–water partition coefficient (Wildman–Crippen LogP) is 0.470. The Morgan fingerprint density at radius 3 is 2.33 bits per heavy atom. The average Bonchev–Trinajstić information content (AvgIpc) is 2.43. The van der Waals surface area contributed by atoms with E-state index in [0.717, 1.165) is 10.6 Å². The van der Waals surface area contributed by atoms with Crippen molar-refractivity contribution in [3.05, 3.63) is 15.6 Å². The molecule has 1 heterocycles. The Bertz CT molecular complexity index is 433. The Morgan fingerprint density at radius 1 is 1.47 bits per heavy atom. The van der Waals surface area contributed by atoms with Crippen molar-refractivity contribution in [2.45, 2.75) is 32.1 Å². The van der Waals surface area contributed by atoms with Gasteiger partial charge in [0, 0.05) is 4.88 Å². The summed E-state index contributed by atoms with van der Waals surface area (Å²) in [5, 5.41) is 14.1. The van der Waals surface area contributed by atoms with Gasteiger partial charge >= 0.3 is 0 Å². The third-order valence-corrected chi connectivity index (χ3v) is 4.70. The number of nitrogens with zero attached hydrogens (tertiary/aromatic N) is 1. The molecule has 0 saturated heterocycles. The van der Waals surface area contributed by atoms with Gasteiger partial charge in [-0.25, -0.2) is 18.5 Å². The Balaban J connectivity index is 3.00. The van der Waals surface area contributed by atoms with Crippen molar-refractivity contribution in [2.75, 3.05) is 0 Å². The summed E-state index contributed by atoms with van der Waals surface area (Å²) in [6.07, 6.45) is -1.16. The molecular formula is C8H14N2O3S2. The molecule has 1 rings (SSSR count). The van der Waals surface area contributed by atoms with Crippen LogP contribution in [0.2, 0.25) is 0 Å². The number of aliphatic hydroxyl groups excluding tert-OH is 1. The summed E-state index contributed by atoms with van der Waals surface area (Å²) in [5.41, 5.74) is 0.802. The maximum Gasteiger partial charge on any atom is 0.214 e. The van der Waals surface area contributed by atoms with E-state index in [4.69, 9.17) is 5.14 Å². The van der Waals surface area contributed by atoms with E-state index in [2.05, 4.69) is 4.98 Å². The Morgan fingerprint density at radius 2 is 2.00 bits per heavy atom. The van der Waals surface area contributed by atoms with Crippen molar-refractivity contribution in [1.82, 2.24) is 4.98 Å². The zero-order valence-electron chi connectivity index (χ0n) is 8.76. The van der Waals surface area contributed by atoms with Gasteiger partial charge in [0.1, 0.15) is 16.4 Å². The SMILES string of the molecule is Cc1nc(C(O)C(C)S(N)(=O)=O)sc1C. The van der Waals surface area contributed by atoms with Crippen molar-refractivity contribution in [1.29, 1.82) is 0 Å². The van der Waals surface area contributed by atoms with Crippen molar-refractivity contribution in [2.24, 2.45) is 5.14 Å². The van der Waals surface area contributed by atoms with Gasteiger partial charge in [-0.15, -0.1) is 11.3 Å². The molecule has 7 heteroatoms. The first-order chi connectivity index (χ1) is 6.73. The highest BCUT2D eigenvalue weighted by molar-refractivity contribution is 7.89. The Kier molecular flexibility index (Phi) is 3.49. The molecular weight excluding hydrogens is 236 g/mol. The molecule has 15 heavy (non-hydrogen) atoms. The van der Waals surface area contributed by atoms with Crippen LogP contribution in [-0.4, -0.2) is 23.8 Å². The monoisotopic (exact) mass is 250 g/mol. The second kappa shape index (κ2) is 4.17. The van der Waals surface area contributed by atoms with Crippen LogP contribution >= 0.6 is 11.3 Å². The molecule has 3 N–H and O–H groups in total. The standard InChI is InChI=1S/C8H14N2O3S2/c1-4-5(2)14-8(10-4)7(11)6(3)15(9,12)13/h6-7,11H,1-3H3,(H2,9,12,13). The van der Waals surface area contributed by atoms with E-state index in [-0.39, 0.29) is 0 Å². The minimum Gasteiger partial charge on any atom is -0.384 e. The first-order valence-electron chi connectivity index (χ1n) is 4.37. The zero-order valence-corrected chi connectivity index (χ0v) is 10.4. The number of sulfonamides is 1. The molecule has 2 unspecified atom stereocenters. The van der Waals surface area contributed by atoms with E-state index in [9.17, 15) is 13.5 Å². The third kappa shape index (κ3) is 2.75. The van der Waals surface area contributed by atoms with Gasteiger partial charge in [-0.2, -0.15) is 0 Å². The topological polar surface area (TPSA) is 93.3 Å². The van der Waals surface area contributed by atoms with E-state index in [1.165, 1.54) is 18.3 Å². The van der Waals surface area contributed by atoms with Gasteiger partial charge in [0.2, 0.25) is 10.0 Å². The molecule has 0 bridgehead atoms. The molecule has 5 nitrogen and oxygen atoms in total. The molecule has 0 aliphatic carbocycles. The summed E-state index contributed by atoms with van der Waals surface area (Å²) >= 11 is 1.29. The molecule has 0 aliphatic heterocycles. The Hall–Kier alpha value is -0.500. The summed E-state index contributed by atoms with van der Waals surface area (Å²) < 4.78 is 22.1. The summed E-state index contributed by atoms with van der Waals surface area (Å²) in [4.78, 5) is 5.06. The van der Waals surface area contributed by atoms with Gasteiger partial charge in [-0.3, -0.25) is 0 Å². The minimum absolute atomic E-state index is 0.395. The van der Waals surface area contributed by atoms with E-state index in [1.807, 2.05) is 13.8 Å². The van der Waals surface area contributed by atoms with Crippen LogP contribution in [0.5, 0.6) is 0 Å². The van der Waals surface area contributed by atoms with E-state index in [1.54, 1.807) is 0 Å². The van der Waals surface area contributed by atoms with Crippen molar-refractivity contribution in [3.8, 4) is 0 Å². The number of aliphatic hydroxyl groups is 1. The normalized spacial score (nSPS) is 16.3. The largest absolute Gasteiger partial charge is 0.384 e. The molecule has 0 fully saturated rings. The lowest BCUT2D eigenvalue weighted by Crippen LogP contribution is -2.31. The minimum atomic E-state index is -3.74. The fraction of sp³-hybridized carbons (Fsp3) is 0.625. The fourth-order valence-corrected chi connectivity index (χ4v) is 2.59. The maximum atomic E-state index is 11.0. The van der Waals surface area contributed by atoms with Crippen LogP contribution in [0.25, 0.3) is 0 Å². The highest BCUT2D eigenvalue weighted by atomic mass is 32.2. The van der Waals surface area contributed by atoms with Crippen LogP contribution in [0.15, 0.2) is 0 Å². The van der Waals surface area contributed by atoms with Gasteiger partial charge in [0.25, 0.3) is 0 Å². The average molecular weight is 250 g/mol. The van der Waals surface area contributed by atoms with Gasteiger partial charge in [-0.05, 0) is 20.8 Å². The first-order valence-corrected chi connectivity index (χ1v) is 6.79. The zero-order chi connectivity index (χ0) is 11.8. The lowest BCUT2D eigenvalue weighted by Gasteiger charge is -2.13. The molecule has 1 aromatic heterocycles. The van der Waals surface area contributed by atoms with Gasteiger partial charge in [0.05, 0.1) is 5.69 Å². The highest BCUT2D eigenvalue weighted by Crippen LogP contribution is 2.26. The van der Waals surface area contributed by atoms with E-state index in [0.29, 0.717) is 5.01 Å². The third-order valence-electron chi connectivity index (χ3n) is 2.26. The smallest absolute Gasteiger partial charge is 0.214 e. The van der Waals surface area contributed by atoms with Crippen molar-refractivity contribution < 1.29 is 13.5 Å². The molecule has 0 amide bonds. The molecule has 0 aliphatic rings. The van der Waals surface area contributed by atoms with Gasteiger partial charge in [0.15, 0.2) is 0 Å². The van der Waals surface area contributed by atoms with Crippen LogP contribution in [0, 0.1) is 13.8 Å². The molecule has 0 saturated carbocycles.